The van der Waals surface area contributed by atoms with Crippen LogP contribution in [-0.4, -0.2) is 20.5 Å². The summed E-state index contributed by atoms with van der Waals surface area (Å²) in [5.74, 6) is 0.603. The number of nitrogens with one attached hydrogen (secondary N) is 2. The molecule has 0 radical (unpaired) electrons. The van der Waals surface area contributed by atoms with E-state index in [1.54, 1.807) is 12.1 Å². The van der Waals surface area contributed by atoms with Gasteiger partial charge in [-0.15, -0.1) is 0 Å². The van der Waals surface area contributed by atoms with Crippen molar-refractivity contribution in [1.29, 1.82) is 0 Å². The van der Waals surface area contributed by atoms with Crippen LogP contribution in [-0.2, 0) is 16.6 Å². The minimum absolute atomic E-state index is 0.0612. The van der Waals surface area contributed by atoms with E-state index in [0.29, 0.717) is 23.5 Å². The third kappa shape index (κ3) is 4.42. The molecule has 0 spiro atoms. The molecule has 1 aromatic carbocycles. The van der Waals surface area contributed by atoms with Gasteiger partial charge in [-0.05, 0) is 36.5 Å². The molecule has 0 heterocycles. The van der Waals surface area contributed by atoms with E-state index in [-0.39, 0.29) is 10.9 Å². The molecule has 1 aromatic rings. The molecule has 0 saturated heterocycles. The van der Waals surface area contributed by atoms with Crippen molar-refractivity contribution in [2.75, 3.05) is 0 Å². The highest BCUT2D eigenvalue weighted by atomic mass is 35.5. The smallest absolute Gasteiger partial charge is 0.240 e. The molecule has 118 valence electrons. The second-order valence-electron chi connectivity index (χ2n) is 6.18. The lowest BCUT2D eigenvalue weighted by Crippen LogP contribution is -2.43. The van der Waals surface area contributed by atoms with E-state index in [0.717, 1.165) is 18.4 Å². The van der Waals surface area contributed by atoms with Crippen molar-refractivity contribution in [3.63, 3.8) is 0 Å². The molecule has 21 heavy (non-hydrogen) atoms. The molecule has 1 fully saturated rings. The highest BCUT2D eigenvalue weighted by Crippen LogP contribution is 2.28. The highest BCUT2D eigenvalue weighted by molar-refractivity contribution is 7.89. The normalized spacial score (nSPS) is 22.3. The topological polar surface area (TPSA) is 58.2 Å². The van der Waals surface area contributed by atoms with Crippen molar-refractivity contribution >= 4 is 21.6 Å². The Morgan fingerprint density at radius 3 is 2.52 bits per heavy atom. The van der Waals surface area contributed by atoms with Crippen LogP contribution in [0.2, 0.25) is 5.02 Å². The van der Waals surface area contributed by atoms with Gasteiger partial charge in [-0.2, -0.15) is 0 Å². The molecule has 0 aromatic heterocycles. The summed E-state index contributed by atoms with van der Waals surface area (Å²) >= 11 is 6.19. The summed E-state index contributed by atoms with van der Waals surface area (Å²) in [4.78, 5) is 0.236. The first-order valence-corrected chi connectivity index (χ1v) is 9.18. The lowest BCUT2D eigenvalue weighted by molar-refractivity contribution is 0.270. The second-order valence-corrected chi connectivity index (χ2v) is 8.30. The van der Waals surface area contributed by atoms with Gasteiger partial charge in [0, 0.05) is 23.7 Å². The Balaban J connectivity index is 2.07. The fourth-order valence-electron chi connectivity index (χ4n) is 2.44. The largest absolute Gasteiger partial charge is 0.310 e. The maximum Gasteiger partial charge on any atom is 0.240 e. The lowest BCUT2D eigenvalue weighted by Gasteiger charge is -2.32. The Kier molecular flexibility index (Phi) is 5.30. The minimum Gasteiger partial charge on any atom is -0.310 e. The van der Waals surface area contributed by atoms with Gasteiger partial charge in [0.2, 0.25) is 10.0 Å². The highest BCUT2D eigenvalue weighted by Gasteiger charge is 2.29. The van der Waals surface area contributed by atoms with Crippen molar-refractivity contribution < 1.29 is 8.42 Å². The SMILES string of the molecule is CC1CC(NS(=O)(=O)c2ccc(CNC(C)C)c(Cl)c2)C1. The maximum absolute atomic E-state index is 12.3. The number of halogens is 1. The number of sulfonamides is 1. The Bertz CT molecular complexity index is 596. The molecular weight excluding hydrogens is 308 g/mol. The van der Waals surface area contributed by atoms with E-state index in [9.17, 15) is 8.42 Å². The number of hydrogen-bond acceptors (Lipinski definition) is 3. The molecular formula is C15H23ClN2O2S. The third-order valence-corrected chi connectivity index (χ3v) is 5.60. The molecule has 0 aliphatic heterocycles. The summed E-state index contributed by atoms with van der Waals surface area (Å²) in [7, 11) is -3.47. The first-order chi connectivity index (χ1) is 9.78. The van der Waals surface area contributed by atoms with Crippen LogP contribution in [0.1, 0.15) is 39.2 Å². The van der Waals surface area contributed by atoms with Gasteiger partial charge < -0.3 is 5.32 Å². The summed E-state index contributed by atoms with van der Waals surface area (Å²) in [6, 6.07) is 5.34. The minimum atomic E-state index is -3.47. The molecule has 2 N–H and O–H groups in total. The van der Waals surface area contributed by atoms with Crippen LogP contribution >= 0.6 is 11.6 Å². The number of rotatable bonds is 6. The zero-order valence-electron chi connectivity index (χ0n) is 12.7. The average molecular weight is 331 g/mol. The first-order valence-electron chi connectivity index (χ1n) is 7.32. The fourth-order valence-corrected chi connectivity index (χ4v) is 4.04. The van der Waals surface area contributed by atoms with Crippen LogP contribution in [0.5, 0.6) is 0 Å². The number of benzene rings is 1. The maximum atomic E-state index is 12.3. The van der Waals surface area contributed by atoms with Crippen LogP contribution in [0.4, 0.5) is 0 Å². The van der Waals surface area contributed by atoms with E-state index in [1.165, 1.54) is 6.07 Å². The first kappa shape index (κ1) is 16.7. The van der Waals surface area contributed by atoms with Crippen LogP contribution in [0.15, 0.2) is 23.1 Å². The molecule has 0 atom stereocenters. The van der Waals surface area contributed by atoms with Crippen LogP contribution in [0.3, 0.4) is 0 Å². The Hall–Kier alpha value is -0.620. The summed E-state index contributed by atoms with van der Waals surface area (Å²) in [6.07, 6.45) is 1.81. The predicted octanol–water partition coefficient (Wildman–Crippen LogP) is 2.91. The van der Waals surface area contributed by atoms with E-state index in [2.05, 4.69) is 30.8 Å². The quantitative estimate of drug-likeness (QED) is 0.843. The number of hydrogen-bond donors (Lipinski definition) is 2. The molecule has 2 rings (SSSR count). The lowest BCUT2D eigenvalue weighted by atomic mass is 9.83. The van der Waals surface area contributed by atoms with E-state index in [4.69, 9.17) is 11.6 Å². The van der Waals surface area contributed by atoms with E-state index >= 15 is 0 Å². The predicted molar refractivity (Wildman–Crippen MR) is 85.9 cm³/mol. The molecule has 6 heteroatoms. The van der Waals surface area contributed by atoms with Gasteiger partial charge >= 0.3 is 0 Å². The Morgan fingerprint density at radius 1 is 1.33 bits per heavy atom. The van der Waals surface area contributed by atoms with Crippen LogP contribution in [0.25, 0.3) is 0 Å². The summed E-state index contributed by atoms with van der Waals surface area (Å²) in [5.41, 5.74) is 0.904. The third-order valence-electron chi connectivity index (χ3n) is 3.73. The van der Waals surface area contributed by atoms with Crippen molar-refractivity contribution in [2.24, 2.45) is 5.92 Å². The molecule has 4 nitrogen and oxygen atoms in total. The van der Waals surface area contributed by atoms with Crippen molar-refractivity contribution in [3.05, 3.63) is 28.8 Å². The summed E-state index contributed by atoms with van der Waals surface area (Å²) < 4.78 is 27.3. The van der Waals surface area contributed by atoms with Gasteiger partial charge in [-0.25, -0.2) is 13.1 Å². The Morgan fingerprint density at radius 2 is 2.00 bits per heavy atom. The van der Waals surface area contributed by atoms with Crippen LogP contribution in [0, 0.1) is 5.92 Å². The zero-order chi connectivity index (χ0) is 15.6. The van der Waals surface area contributed by atoms with Gasteiger partial charge in [-0.1, -0.05) is 38.4 Å². The molecule has 1 aliphatic carbocycles. The molecule has 0 unspecified atom stereocenters. The monoisotopic (exact) mass is 330 g/mol. The van der Waals surface area contributed by atoms with Gasteiger partial charge in [0.15, 0.2) is 0 Å². The van der Waals surface area contributed by atoms with Crippen LogP contribution < -0.4 is 10.0 Å². The molecule has 1 saturated carbocycles. The van der Waals surface area contributed by atoms with Gasteiger partial charge in [0.25, 0.3) is 0 Å². The van der Waals surface area contributed by atoms with Gasteiger partial charge in [-0.3, -0.25) is 0 Å². The summed E-state index contributed by atoms with van der Waals surface area (Å²) in [6.45, 7) is 6.86. The Labute approximate surface area is 132 Å². The molecule has 0 amide bonds. The van der Waals surface area contributed by atoms with Gasteiger partial charge in [0.05, 0.1) is 4.90 Å². The zero-order valence-corrected chi connectivity index (χ0v) is 14.3. The van der Waals surface area contributed by atoms with E-state index < -0.39 is 10.0 Å². The van der Waals surface area contributed by atoms with Crippen molar-refractivity contribution in [3.8, 4) is 0 Å². The molecule has 1 aliphatic rings. The average Bonchev–Trinajstić information content (AvgIpc) is 2.35. The van der Waals surface area contributed by atoms with E-state index in [1.807, 2.05) is 0 Å². The molecule has 0 bridgehead atoms. The van der Waals surface area contributed by atoms with Crippen molar-refractivity contribution in [2.45, 2.75) is 57.1 Å². The second kappa shape index (κ2) is 6.65. The standard InChI is InChI=1S/C15H23ClN2O2S/c1-10(2)17-9-12-4-5-14(8-15(12)16)21(19,20)18-13-6-11(3)7-13/h4-5,8,10-11,13,17-18H,6-7,9H2,1-3H3. The van der Waals surface area contributed by atoms with Gasteiger partial charge in [0.1, 0.15) is 0 Å². The summed E-state index contributed by atoms with van der Waals surface area (Å²) in [5, 5.41) is 3.75. The fraction of sp³-hybridized carbons (Fsp3) is 0.600. The van der Waals surface area contributed by atoms with Crippen molar-refractivity contribution in [1.82, 2.24) is 10.0 Å².